The van der Waals surface area contributed by atoms with Gasteiger partial charge in [0.05, 0.1) is 47.5 Å². The zero-order valence-corrected chi connectivity index (χ0v) is 35.8. The van der Waals surface area contributed by atoms with Crippen LogP contribution in [0.4, 0.5) is 0 Å². The van der Waals surface area contributed by atoms with E-state index in [1.807, 2.05) is 17.5 Å². The summed E-state index contributed by atoms with van der Waals surface area (Å²) in [6.45, 7) is 0. The Morgan fingerprint density at radius 2 is 0.828 bits per heavy atom. The fourth-order valence-corrected chi connectivity index (χ4v) is 9.70. The van der Waals surface area contributed by atoms with Gasteiger partial charge in [0, 0.05) is 35.2 Å². The molecule has 322 valence electrons. The van der Waals surface area contributed by atoms with Crippen molar-refractivity contribution >= 4 is 74.2 Å². The molecule has 9 rings (SSSR count). The summed E-state index contributed by atoms with van der Waals surface area (Å²) in [4.78, 5) is 10.7. The van der Waals surface area contributed by atoms with Crippen molar-refractivity contribution in [2.75, 3.05) is 0 Å². The van der Waals surface area contributed by atoms with Gasteiger partial charge < -0.3 is 4.98 Å². The van der Waals surface area contributed by atoms with Crippen molar-refractivity contribution in [3.05, 3.63) is 201 Å². The Morgan fingerprint density at radius 3 is 1.28 bits per heavy atom. The molecule has 1 aromatic heterocycles. The molecule has 0 radical (unpaired) electrons. The van der Waals surface area contributed by atoms with Gasteiger partial charge in [-0.05, 0) is 95.1 Å². The number of nitrogens with zero attached hydrogens (tertiary/aromatic N) is 1. The smallest absolute Gasteiger partial charge is 0.294 e. The first-order chi connectivity index (χ1) is 30.2. The lowest BCUT2D eigenvalue weighted by molar-refractivity contribution is -0.537. The second-order valence-corrected chi connectivity index (χ2v) is 20.4. The monoisotopic (exact) mass is 936 g/mol. The number of fused-ring (bicyclic) bond motifs is 6. The summed E-state index contributed by atoms with van der Waals surface area (Å²) in [5, 5.41) is 2.90. The molecule has 4 aliphatic heterocycles. The predicted octanol–water partition coefficient (Wildman–Crippen LogP) is 1.68. The second-order valence-electron chi connectivity index (χ2n) is 14.7. The number of hydrogen-bond acceptors (Lipinski definition) is 9. The van der Waals surface area contributed by atoms with Crippen LogP contribution in [0, 0.1) is 0 Å². The minimum absolute atomic E-state index is 0.320. The molecule has 0 unspecified atom stereocenters. The molecule has 0 fully saturated rings. The van der Waals surface area contributed by atoms with Crippen LogP contribution in [-0.4, -0.2) is 68.3 Å². The highest BCUT2D eigenvalue weighted by Gasteiger charge is 2.32. The molecule has 5 aromatic rings. The van der Waals surface area contributed by atoms with Crippen molar-refractivity contribution in [2.24, 2.45) is 4.99 Å². The van der Waals surface area contributed by atoms with Gasteiger partial charge in [0.15, 0.2) is 0 Å². The second kappa shape index (κ2) is 15.5. The van der Waals surface area contributed by atoms with Gasteiger partial charge in [0.25, 0.3) is 40.5 Å². The van der Waals surface area contributed by atoms with Crippen LogP contribution < -0.4 is 21.0 Å². The molecule has 0 saturated heterocycles. The van der Waals surface area contributed by atoms with E-state index in [4.69, 9.17) is 4.99 Å². The third-order valence-electron chi connectivity index (χ3n) is 10.7. The topological polar surface area (TPSA) is 276 Å². The third-order valence-corrected chi connectivity index (χ3v) is 14.2. The van der Waals surface area contributed by atoms with Crippen LogP contribution in [-0.2, 0) is 40.5 Å². The third kappa shape index (κ3) is 8.16. The van der Waals surface area contributed by atoms with Crippen molar-refractivity contribution in [1.29, 1.82) is 0 Å². The number of quaternary nitrogens is 1. The maximum atomic E-state index is 12.0. The highest BCUT2D eigenvalue weighted by atomic mass is 32.2. The Kier molecular flexibility index (Phi) is 10.3. The van der Waals surface area contributed by atoms with Crippen molar-refractivity contribution in [2.45, 2.75) is 19.6 Å². The average molecular weight is 937 g/mol. The quantitative estimate of drug-likeness (QED) is 0.110. The molecule has 20 heteroatoms. The lowest BCUT2D eigenvalue weighted by atomic mass is 9.99. The number of rotatable bonds is 8. The van der Waals surface area contributed by atoms with Gasteiger partial charge >= 0.3 is 0 Å². The lowest BCUT2D eigenvalue weighted by Gasteiger charge is -2.13. The number of aliphatic imine (C=N–C) groups is 1. The number of H-pyrrole nitrogens is 1. The Bertz CT molecular complexity index is 3480. The molecule has 4 aliphatic rings. The summed E-state index contributed by atoms with van der Waals surface area (Å²) in [5.41, 5.74) is 7.51. The minimum Gasteiger partial charge on any atom is -0.354 e. The lowest BCUT2D eigenvalue weighted by Crippen LogP contribution is -2.79. The van der Waals surface area contributed by atoms with E-state index < -0.39 is 40.5 Å². The summed E-state index contributed by atoms with van der Waals surface area (Å²) < 4.78 is 135. The average Bonchev–Trinajstić information content (AvgIpc) is 4.08. The van der Waals surface area contributed by atoms with Crippen LogP contribution in [0.1, 0.15) is 22.3 Å². The SMILES string of the molecule is O=S(=O)(O)c1ccc(C2=C3C=CC(=N3)C(c3ccc(S(=O)(=O)O)cc3)=c3ccc([nH]3)=C(c3ccc(S(=O)(=O)O)cc3)C3=[NH+]C(=C(c4ccc(S(=O)(=O)O)cc4)C4=CC=C2[NH2+]4)C=C3)cc1. The van der Waals surface area contributed by atoms with Gasteiger partial charge in [0.2, 0.25) is 11.4 Å². The van der Waals surface area contributed by atoms with Gasteiger partial charge in [-0.15, -0.1) is 0 Å². The van der Waals surface area contributed by atoms with Gasteiger partial charge in [0.1, 0.15) is 17.0 Å². The number of nitrogens with one attached hydrogen (secondary N) is 2. The molecule has 5 heterocycles. The van der Waals surface area contributed by atoms with Crippen molar-refractivity contribution in [3.63, 3.8) is 0 Å². The number of aromatic amines is 1. The van der Waals surface area contributed by atoms with Crippen LogP contribution in [0.3, 0.4) is 0 Å². The van der Waals surface area contributed by atoms with E-state index in [1.165, 1.54) is 84.9 Å². The number of aromatic nitrogens is 1. The molecule has 0 aliphatic carbocycles. The molecule has 8 N–H and O–H groups in total. The highest BCUT2D eigenvalue weighted by Crippen LogP contribution is 2.34. The minimum atomic E-state index is -4.54. The van der Waals surface area contributed by atoms with Crippen molar-refractivity contribution in [3.8, 4) is 0 Å². The van der Waals surface area contributed by atoms with E-state index in [0.29, 0.717) is 89.5 Å². The molecule has 8 bridgehead atoms. The van der Waals surface area contributed by atoms with E-state index in [1.54, 1.807) is 48.6 Å². The Morgan fingerprint density at radius 1 is 0.438 bits per heavy atom. The normalized spacial score (nSPS) is 16.6. The van der Waals surface area contributed by atoms with E-state index in [-0.39, 0.29) is 19.6 Å². The fourth-order valence-electron chi connectivity index (χ4n) is 7.78. The molecule has 0 spiro atoms. The largest absolute Gasteiger partial charge is 0.354 e. The molecule has 4 aromatic carbocycles. The van der Waals surface area contributed by atoms with Crippen LogP contribution in [0.5, 0.6) is 0 Å². The maximum absolute atomic E-state index is 12.0. The number of allylic oxidation sites excluding steroid dienone is 8. The Balaban J connectivity index is 1.36. The van der Waals surface area contributed by atoms with E-state index in [9.17, 15) is 51.9 Å². The summed E-state index contributed by atoms with van der Waals surface area (Å²) >= 11 is 0. The summed E-state index contributed by atoms with van der Waals surface area (Å²) in [7, 11) is -18.1. The summed E-state index contributed by atoms with van der Waals surface area (Å²) in [6.07, 6.45) is 10.8. The molecule has 64 heavy (non-hydrogen) atoms. The van der Waals surface area contributed by atoms with Crippen molar-refractivity contribution in [1.82, 2.24) is 4.98 Å². The zero-order valence-electron chi connectivity index (χ0n) is 32.6. The van der Waals surface area contributed by atoms with E-state index in [2.05, 4.69) is 9.98 Å². The molecular formula is C44H32N4O12S4+2. The Hall–Kier alpha value is -6.72. The summed E-state index contributed by atoms with van der Waals surface area (Å²) in [6, 6.07) is 25.9. The predicted molar refractivity (Wildman–Crippen MR) is 234 cm³/mol. The molecule has 0 amide bonds. The first kappa shape index (κ1) is 42.6. The zero-order chi connectivity index (χ0) is 45.3. The standard InChI is InChI=1S/C44H30N4O12S4/c49-61(50,51)29-9-1-25(2-10-29)41-33-17-19-35(45-33)42(26-3-11-30(12-4-26)62(52,53)54)37-21-23-39(47-37)44(28-7-15-32(16-8-28)64(58,59)60)40-24-22-38(48-40)43(36-20-18-34(41)46-36)27-5-13-31(14-6-27)63(55,56)57/h1-24,45,48H,(H,49,50,51)(H,52,53,54)(H,55,56,57)(H,58,59,60)/p+2. The van der Waals surface area contributed by atoms with Gasteiger partial charge in [-0.25, -0.2) is 9.98 Å². The van der Waals surface area contributed by atoms with Crippen LogP contribution in [0.2, 0.25) is 0 Å². The van der Waals surface area contributed by atoms with Crippen LogP contribution in [0.25, 0.3) is 22.3 Å². The fraction of sp³-hybridized carbons (Fsp3) is 0. The summed E-state index contributed by atoms with van der Waals surface area (Å²) in [5.74, 6) is 0. The van der Waals surface area contributed by atoms with E-state index in [0.717, 1.165) is 0 Å². The van der Waals surface area contributed by atoms with Gasteiger partial charge in [-0.1, -0.05) is 48.5 Å². The van der Waals surface area contributed by atoms with Gasteiger partial charge in [-0.3, -0.25) is 23.5 Å². The first-order valence-electron chi connectivity index (χ1n) is 18.8. The van der Waals surface area contributed by atoms with Gasteiger partial charge in [-0.2, -0.15) is 33.7 Å². The number of nitrogens with two attached hydrogens (primary N) is 1. The molecule has 16 nitrogen and oxygen atoms in total. The Labute approximate surface area is 365 Å². The molecule has 0 saturated carbocycles. The van der Waals surface area contributed by atoms with E-state index >= 15 is 0 Å². The molecular weight excluding hydrogens is 905 g/mol. The molecule has 0 atom stereocenters. The van der Waals surface area contributed by atoms with Crippen molar-refractivity contribution < 1.29 is 62.2 Å². The highest BCUT2D eigenvalue weighted by molar-refractivity contribution is 7.86. The van der Waals surface area contributed by atoms with Crippen LogP contribution >= 0.6 is 0 Å². The first-order valence-corrected chi connectivity index (χ1v) is 24.6. The maximum Gasteiger partial charge on any atom is 0.294 e. The van der Waals surface area contributed by atoms with Crippen LogP contribution in [0.15, 0.2) is 193 Å². The number of hydrogen-bond donors (Lipinski definition) is 7. The number of benzene rings is 4.